The number of aromatic amines is 1. The summed E-state index contributed by atoms with van der Waals surface area (Å²) in [7, 11) is 0. The third-order valence-corrected chi connectivity index (χ3v) is 5.58. The summed E-state index contributed by atoms with van der Waals surface area (Å²) in [5, 5.41) is 5.11. The maximum absolute atomic E-state index is 3.71. The molecule has 118 valence electrons. The highest BCUT2D eigenvalue weighted by molar-refractivity contribution is 7.98. The summed E-state index contributed by atoms with van der Waals surface area (Å²) in [5.41, 5.74) is 8.16. The molecule has 1 aliphatic heterocycles. The van der Waals surface area contributed by atoms with Crippen LogP contribution in [0, 0.1) is 13.8 Å². The summed E-state index contributed by atoms with van der Waals surface area (Å²) >= 11 is 1.79. The van der Waals surface area contributed by atoms with Crippen LogP contribution in [0.1, 0.15) is 34.0 Å². The smallest absolute Gasteiger partial charge is 0.0732 e. The minimum absolute atomic E-state index is 0.266. The number of thioether (sulfide) groups is 1. The van der Waals surface area contributed by atoms with Crippen LogP contribution in [-0.2, 0) is 6.42 Å². The molecule has 2 nitrogen and oxygen atoms in total. The molecule has 2 heterocycles. The van der Waals surface area contributed by atoms with Crippen LogP contribution in [0.15, 0.2) is 41.3 Å². The normalized spacial score (nSPS) is 17.4. The van der Waals surface area contributed by atoms with Crippen LogP contribution in [0.4, 0.5) is 0 Å². The first kappa shape index (κ1) is 14.9. The van der Waals surface area contributed by atoms with Crippen LogP contribution in [0.25, 0.3) is 10.9 Å². The zero-order valence-corrected chi connectivity index (χ0v) is 14.7. The highest BCUT2D eigenvalue weighted by Crippen LogP contribution is 2.35. The lowest BCUT2D eigenvalue weighted by molar-refractivity contribution is 0.560. The topological polar surface area (TPSA) is 27.8 Å². The maximum atomic E-state index is 3.71. The Hall–Kier alpha value is -1.71. The zero-order chi connectivity index (χ0) is 16.0. The van der Waals surface area contributed by atoms with E-state index in [2.05, 4.69) is 66.8 Å². The summed E-state index contributed by atoms with van der Waals surface area (Å²) in [6.45, 7) is 5.43. The molecule has 0 saturated carbocycles. The van der Waals surface area contributed by atoms with Crippen molar-refractivity contribution in [2.45, 2.75) is 31.2 Å². The largest absolute Gasteiger partial charge is 0.357 e. The van der Waals surface area contributed by atoms with E-state index >= 15 is 0 Å². The molecule has 3 aromatic rings. The zero-order valence-electron chi connectivity index (χ0n) is 13.9. The Balaban J connectivity index is 1.86. The number of hydrogen-bond acceptors (Lipinski definition) is 2. The molecule has 4 rings (SSSR count). The summed E-state index contributed by atoms with van der Waals surface area (Å²) in [5.74, 6) is 0. The van der Waals surface area contributed by atoms with Gasteiger partial charge in [0.15, 0.2) is 0 Å². The van der Waals surface area contributed by atoms with E-state index in [-0.39, 0.29) is 6.04 Å². The van der Waals surface area contributed by atoms with E-state index in [4.69, 9.17) is 0 Å². The number of benzene rings is 2. The van der Waals surface area contributed by atoms with Crippen molar-refractivity contribution < 1.29 is 0 Å². The van der Waals surface area contributed by atoms with E-state index in [0.717, 1.165) is 13.0 Å². The van der Waals surface area contributed by atoms with E-state index in [1.54, 1.807) is 11.8 Å². The van der Waals surface area contributed by atoms with Gasteiger partial charge in [0, 0.05) is 28.0 Å². The number of H-pyrrole nitrogens is 1. The van der Waals surface area contributed by atoms with Gasteiger partial charge in [-0.1, -0.05) is 18.2 Å². The standard InChI is InChI=1S/C20H22N2S/c1-12-10-13(2)18-16-8-9-21-19(20(16)22-17(18)11-12)14-4-6-15(23-3)7-5-14/h4-7,10-11,19,21-22H,8-9H2,1-3H3. The summed E-state index contributed by atoms with van der Waals surface area (Å²) < 4.78 is 0. The average molecular weight is 322 g/mol. The molecule has 1 aliphatic rings. The molecule has 3 heteroatoms. The molecular weight excluding hydrogens is 300 g/mol. The second kappa shape index (κ2) is 5.73. The van der Waals surface area contributed by atoms with Crippen LogP contribution >= 0.6 is 11.8 Å². The number of rotatable bonds is 2. The average Bonchev–Trinajstić information content (AvgIpc) is 2.93. The molecule has 0 radical (unpaired) electrons. The van der Waals surface area contributed by atoms with Crippen molar-refractivity contribution >= 4 is 22.7 Å². The van der Waals surface area contributed by atoms with Gasteiger partial charge in [0.25, 0.3) is 0 Å². The third kappa shape index (κ3) is 2.48. The van der Waals surface area contributed by atoms with E-state index in [1.165, 1.54) is 43.7 Å². The number of aryl methyl sites for hydroxylation is 2. The van der Waals surface area contributed by atoms with Crippen molar-refractivity contribution in [2.75, 3.05) is 12.8 Å². The number of fused-ring (bicyclic) bond motifs is 3. The van der Waals surface area contributed by atoms with Crippen molar-refractivity contribution in [3.05, 3.63) is 64.3 Å². The molecule has 0 aliphatic carbocycles. The van der Waals surface area contributed by atoms with Gasteiger partial charge in [-0.25, -0.2) is 0 Å². The SMILES string of the molecule is CSc1ccc(C2NCCc3c2[nH]c2cc(C)cc(C)c32)cc1. The Bertz CT molecular complexity index is 861. The highest BCUT2D eigenvalue weighted by atomic mass is 32.2. The van der Waals surface area contributed by atoms with Crippen LogP contribution in [0.2, 0.25) is 0 Å². The van der Waals surface area contributed by atoms with E-state index in [1.807, 2.05) is 0 Å². The number of aromatic nitrogens is 1. The highest BCUT2D eigenvalue weighted by Gasteiger charge is 2.25. The Morgan fingerprint density at radius 2 is 1.87 bits per heavy atom. The van der Waals surface area contributed by atoms with Crippen molar-refractivity contribution in [3.63, 3.8) is 0 Å². The van der Waals surface area contributed by atoms with Gasteiger partial charge >= 0.3 is 0 Å². The molecular formula is C20H22N2S. The minimum Gasteiger partial charge on any atom is -0.357 e. The van der Waals surface area contributed by atoms with Crippen molar-refractivity contribution in [1.82, 2.24) is 10.3 Å². The first-order chi connectivity index (χ1) is 11.2. The van der Waals surface area contributed by atoms with Crippen molar-refractivity contribution in [2.24, 2.45) is 0 Å². The van der Waals surface area contributed by atoms with Crippen LogP contribution < -0.4 is 5.32 Å². The maximum Gasteiger partial charge on any atom is 0.0732 e. The quantitative estimate of drug-likeness (QED) is 0.667. The molecule has 0 fully saturated rings. The van der Waals surface area contributed by atoms with E-state index < -0.39 is 0 Å². The Morgan fingerprint density at radius 3 is 2.61 bits per heavy atom. The molecule has 2 N–H and O–H groups in total. The molecule has 1 atom stereocenters. The van der Waals surface area contributed by atoms with Gasteiger partial charge in [-0.2, -0.15) is 0 Å². The predicted octanol–water partition coefficient (Wildman–Crippen LogP) is 4.74. The minimum atomic E-state index is 0.266. The number of nitrogens with one attached hydrogen (secondary N) is 2. The first-order valence-electron chi connectivity index (χ1n) is 8.16. The fourth-order valence-electron chi connectivity index (χ4n) is 3.85. The monoisotopic (exact) mass is 322 g/mol. The molecule has 0 amide bonds. The van der Waals surface area contributed by atoms with Crippen LogP contribution in [-0.4, -0.2) is 17.8 Å². The predicted molar refractivity (Wildman–Crippen MR) is 99.5 cm³/mol. The summed E-state index contributed by atoms with van der Waals surface area (Å²) in [4.78, 5) is 5.02. The molecule has 1 unspecified atom stereocenters. The van der Waals surface area contributed by atoms with Crippen LogP contribution in [0.3, 0.4) is 0 Å². The van der Waals surface area contributed by atoms with Gasteiger partial charge in [-0.15, -0.1) is 11.8 Å². The summed E-state index contributed by atoms with van der Waals surface area (Å²) in [6.07, 6.45) is 3.22. The Morgan fingerprint density at radius 1 is 1.09 bits per heavy atom. The Kier molecular flexibility index (Phi) is 3.70. The van der Waals surface area contributed by atoms with E-state index in [0.29, 0.717) is 0 Å². The third-order valence-electron chi connectivity index (χ3n) is 4.84. The lowest BCUT2D eigenvalue weighted by Crippen LogP contribution is -2.30. The van der Waals surface area contributed by atoms with Gasteiger partial charge in [-0.05, 0) is 67.0 Å². The lowest BCUT2D eigenvalue weighted by atomic mass is 9.93. The molecule has 23 heavy (non-hydrogen) atoms. The van der Waals surface area contributed by atoms with Gasteiger partial charge < -0.3 is 10.3 Å². The fourth-order valence-corrected chi connectivity index (χ4v) is 4.26. The summed E-state index contributed by atoms with van der Waals surface area (Å²) in [6, 6.07) is 13.8. The van der Waals surface area contributed by atoms with Crippen molar-refractivity contribution in [1.29, 1.82) is 0 Å². The van der Waals surface area contributed by atoms with Gasteiger partial charge in [0.1, 0.15) is 0 Å². The van der Waals surface area contributed by atoms with Gasteiger partial charge in [-0.3, -0.25) is 0 Å². The molecule has 1 aromatic heterocycles. The lowest BCUT2D eigenvalue weighted by Gasteiger charge is -2.25. The second-order valence-electron chi connectivity index (χ2n) is 6.43. The molecule has 0 bridgehead atoms. The van der Waals surface area contributed by atoms with Crippen molar-refractivity contribution in [3.8, 4) is 0 Å². The first-order valence-corrected chi connectivity index (χ1v) is 9.39. The molecule has 2 aromatic carbocycles. The van der Waals surface area contributed by atoms with Gasteiger partial charge in [0.2, 0.25) is 0 Å². The van der Waals surface area contributed by atoms with Gasteiger partial charge in [0.05, 0.1) is 6.04 Å². The Labute approximate surface area is 141 Å². The van der Waals surface area contributed by atoms with E-state index in [9.17, 15) is 0 Å². The van der Waals surface area contributed by atoms with Crippen LogP contribution in [0.5, 0.6) is 0 Å². The molecule has 0 saturated heterocycles. The second-order valence-corrected chi connectivity index (χ2v) is 7.31. The fraction of sp³-hybridized carbons (Fsp3) is 0.300. The molecule has 0 spiro atoms. The number of hydrogen-bond donors (Lipinski definition) is 2.